The SMILES string of the molecule is CCC1(CN=C(N)N2CCOC(C)C2)CC1. The van der Waals surface area contributed by atoms with Crippen LogP contribution < -0.4 is 5.73 Å². The minimum Gasteiger partial charge on any atom is -0.375 e. The van der Waals surface area contributed by atoms with E-state index < -0.39 is 0 Å². The van der Waals surface area contributed by atoms with E-state index in [1.165, 1.54) is 19.3 Å². The topological polar surface area (TPSA) is 50.8 Å². The number of morpholine rings is 1. The lowest BCUT2D eigenvalue weighted by Gasteiger charge is -2.32. The molecular formula is C12H23N3O. The van der Waals surface area contributed by atoms with Crippen molar-refractivity contribution in [3.8, 4) is 0 Å². The van der Waals surface area contributed by atoms with E-state index in [1.54, 1.807) is 0 Å². The van der Waals surface area contributed by atoms with Gasteiger partial charge in [-0.1, -0.05) is 6.92 Å². The summed E-state index contributed by atoms with van der Waals surface area (Å²) >= 11 is 0. The van der Waals surface area contributed by atoms with Gasteiger partial charge in [0.05, 0.1) is 12.7 Å². The van der Waals surface area contributed by atoms with Crippen molar-refractivity contribution in [2.45, 2.75) is 39.2 Å². The average Bonchev–Trinajstić information content (AvgIpc) is 3.07. The molecule has 1 unspecified atom stereocenters. The Hall–Kier alpha value is -0.770. The maximum atomic E-state index is 6.02. The van der Waals surface area contributed by atoms with E-state index in [0.29, 0.717) is 11.4 Å². The Morgan fingerprint density at radius 1 is 1.56 bits per heavy atom. The zero-order valence-electron chi connectivity index (χ0n) is 10.4. The Kier molecular flexibility index (Phi) is 3.38. The monoisotopic (exact) mass is 225 g/mol. The third-order valence-corrected chi connectivity index (χ3v) is 3.85. The Morgan fingerprint density at radius 2 is 2.31 bits per heavy atom. The molecular weight excluding hydrogens is 202 g/mol. The van der Waals surface area contributed by atoms with Gasteiger partial charge in [0.25, 0.3) is 0 Å². The zero-order chi connectivity index (χ0) is 11.6. The number of hydrogen-bond donors (Lipinski definition) is 1. The van der Waals surface area contributed by atoms with E-state index >= 15 is 0 Å². The average molecular weight is 225 g/mol. The quantitative estimate of drug-likeness (QED) is 0.580. The molecule has 0 amide bonds. The van der Waals surface area contributed by atoms with Gasteiger partial charge in [-0.05, 0) is 31.6 Å². The number of guanidine groups is 1. The van der Waals surface area contributed by atoms with Crippen LogP contribution in [-0.2, 0) is 4.74 Å². The second kappa shape index (κ2) is 4.62. The van der Waals surface area contributed by atoms with Crippen LogP contribution in [0.3, 0.4) is 0 Å². The highest BCUT2D eigenvalue weighted by atomic mass is 16.5. The fraction of sp³-hybridized carbons (Fsp3) is 0.917. The third-order valence-electron chi connectivity index (χ3n) is 3.85. The van der Waals surface area contributed by atoms with Crippen LogP contribution in [0.1, 0.15) is 33.1 Å². The molecule has 0 aromatic rings. The molecule has 0 spiro atoms. The highest BCUT2D eigenvalue weighted by Gasteiger charge is 2.40. The standard InChI is InChI=1S/C12H23N3O/c1-3-12(4-5-12)9-14-11(13)15-6-7-16-10(2)8-15/h10H,3-9H2,1-2H3,(H2,13,14). The van der Waals surface area contributed by atoms with E-state index in [9.17, 15) is 0 Å². The van der Waals surface area contributed by atoms with Crippen LogP contribution in [0.2, 0.25) is 0 Å². The lowest BCUT2D eigenvalue weighted by Crippen LogP contribution is -2.48. The van der Waals surface area contributed by atoms with Gasteiger partial charge in [0, 0.05) is 19.6 Å². The molecule has 16 heavy (non-hydrogen) atoms. The summed E-state index contributed by atoms with van der Waals surface area (Å²) in [6, 6.07) is 0. The number of nitrogens with zero attached hydrogens (tertiary/aromatic N) is 2. The molecule has 0 bridgehead atoms. The van der Waals surface area contributed by atoms with Crippen LogP contribution in [0.25, 0.3) is 0 Å². The highest BCUT2D eigenvalue weighted by molar-refractivity contribution is 5.78. The van der Waals surface area contributed by atoms with Crippen LogP contribution in [0, 0.1) is 5.41 Å². The van der Waals surface area contributed by atoms with Gasteiger partial charge < -0.3 is 15.4 Å². The number of ether oxygens (including phenoxy) is 1. The van der Waals surface area contributed by atoms with Crippen molar-refractivity contribution in [3.05, 3.63) is 0 Å². The van der Waals surface area contributed by atoms with Crippen molar-refractivity contribution >= 4 is 5.96 Å². The van der Waals surface area contributed by atoms with Crippen LogP contribution in [0.5, 0.6) is 0 Å². The molecule has 4 heteroatoms. The molecule has 0 aromatic carbocycles. The summed E-state index contributed by atoms with van der Waals surface area (Å²) in [5.74, 6) is 0.704. The molecule has 1 atom stereocenters. The molecule has 2 N–H and O–H groups in total. The first-order chi connectivity index (χ1) is 7.65. The van der Waals surface area contributed by atoms with Crippen LogP contribution in [-0.4, -0.2) is 43.2 Å². The zero-order valence-corrected chi connectivity index (χ0v) is 10.4. The lowest BCUT2D eigenvalue weighted by molar-refractivity contribution is 0.00527. The number of hydrogen-bond acceptors (Lipinski definition) is 2. The summed E-state index contributed by atoms with van der Waals surface area (Å²) in [4.78, 5) is 6.69. The van der Waals surface area contributed by atoms with Crippen molar-refractivity contribution in [2.24, 2.45) is 16.1 Å². The van der Waals surface area contributed by atoms with Crippen molar-refractivity contribution in [2.75, 3.05) is 26.2 Å². The van der Waals surface area contributed by atoms with Crippen molar-refractivity contribution in [1.82, 2.24) is 4.90 Å². The first-order valence-electron chi connectivity index (χ1n) is 6.32. The summed E-state index contributed by atoms with van der Waals surface area (Å²) in [5, 5.41) is 0. The molecule has 1 saturated carbocycles. The van der Waals surface area contributed by atoms with Gasteiger partial charge in [-0.15, -0.1) is 0 Å². The molecule has 1 saturated heterocycles. The molecule has 2 fully saturated rings. The molecule has 1 heterocycles. The predicted octanol–water partition coefficient (Wildman–Crippen LogP) is 1.21. The normalized spacial score (nSPS) is 29.2. The second-order valence-electron chi connectivity index (χ2n) is 5.16. The molecule has 2 rings (SSSR count). The molecule has 92 valence electrons. The van der Waals surface area contributed by atoms with Crippen LogP contribution in [0.15, 0.2) is 4.99 Å². The predicted molar refractivity (Wildman–Crippen MR) is 65.4 cm³/mol. The maximum Gasteiger partial charge on any atom is 0.191 e. The number of rotatable bonds is 3. The molecule has 0 radical (unpaired) electrons. The third kappa shape index (κ3) is 2.67. The minimum absolute atomic E-state index is 0.267. The van der Waals surface area contributed by atoms with E-state index in [-0.39, 0.29) is 6.10 Å². The number of nitrogens with two attached hydrogens (primary N) is 1. The van der Waals surface area contributed by atoms with E-state index in [4.69, 9.17) is 10.5 Å². The van der Waals surface area contributed by atoms with Gasteiger partial charge in [0.15, 0.2) is 5.96 Å². The van der Waals surface area contributed by atoms with Crippen molar-refractivity contribution < 1.29 is 4.74 Å². The van der Waals surface area contributed by atoms with Gasteiger partial charge in [0.1, 0.15) is 0 Å². The Labute approximate surface area is 97.9 Å². The van der Waals surface area contributed by atoms with E-state index in [0.717, 1.165) is 26.2 Å². The summed E-state index contributed by atoms with van der Waals surface area (Å²) in [5.41, 5.74) is 6.51. The highest BCUT2D eigenvalue weighted by Crippen LogP contribution is 2.48. The van der Waals surface area contributed by atoms with Crippen LogP contribution >= 0.6 is 0 Å². The molecule has 1 aliphatic heterocycles. The van der Waals surface area contributed by atoms with Crippen molar-refractivity contribution in [1.29, 1.82) is 0 Å². The van der Waals surface area contributed by atoms with Gasteiger partial charge in [-0.2, -0.15) is 0 Å². The molecule has 0 aromatic heterocycles. The lowest BCUT2D eigenvalue weighted by atomic mass is 10.1. The summed E-state index contributed by atoms with van der Waals surface area (Å²) in [7, 11) is 0. The Balaban J connectivity index is 1.86. The summed E-state index contributed by atoms with van der Waals surface area (Å²) in [6.45, 7) is 7.73. The van der Waals surface area contributed by atoms with Crippen LogP contribution in [0.4, 0.5) is 0 Å². The molecule has 2 aliphatic rings. The molecule has 4 nitrogen and oxygen atoms in total. The smallest absolute Gasteiger partial charge is 0.191 e. The largest absolute Gasteiger partial charge is 0.375 e. The minimum atomic E-state index is 0.267. The molecule has 1 aliphatic carbocycles. The Bertz CT molecular complexity index is 273. The van der Waals surface area contributed by atoms with Crippen molar-refractivity contribution in [3.63, 3.8) is 0 Å². The van der Waals surface area contributed by atoms with E-state index in [2.05, 4.69) is 23.7 Å². The van der Waals surface area contributed by atoms with E-state index in [1.807, 2.05) is 0 Å². The van der Waals surface area contributed by atoms with Gasteiger partial charge in [0.2, 0.25) is 0 Å². The first kappa shape index (κ1) is 11.7. The first-order valence-corrected chi connectivity index (χ1v) is 6.32. The number of aliphatic imine (C=N–C) groups is 1. The maximum absolute atomic E-state index is 6.02. The van der Waals surface area contributed by atoms with Gasteiger partial charge >= 0.3 is 0 Å². The Morgan fingerprint density at radius 3 is 2.88 bits per heavy atom. The van der Waals surface area contributed by atoms with Gasteiger partial charge in [-0.3, -0.25) is 4.99 Å². The summed E-state index contributed by atoms with van der Waals surface area (Å²) in [6.07, 6.45) is 4.13. The van der Waals surface area contributed by atoms with Gasteiger partial charge in [-0.25, -0.2) is 0 Å². The second-order valence-corrected chi connectivity index (χ2v) is 5.16. The fourth-order valence-electron chi connectivity index (χ4n) is 2.18. The fourth-order valence-corrected chi connectivity index (χ4v) is 2.18. The summed E-state index contributed by atoms with van der Waals surface area (Å²) < 4.78 is 5.48.